The number of carbonyl (C=O) groups is 3. The van der Waals surface area contributed by atoms with Crippen LogP contribution in [0.2, 0.25) is 0 Å². The van der Waals surface area contributed by atoms with Crippen molar-refractivity contribution in [1.29, 1.82) is 0 Å². The van der Waals surface area contributed by atoms with Crippen LogP contribution in [0.1, 0.15) is 47.0 Å². The van der Waals surface area contributed by atoms with Crippen LogP contribution in [0.3, 0.4) is 0 Å². The highest BCUT2D eigenvalue weighted by molar-refractivity contribution is 5.74. The molecule has 0 saturated carbocycles. The van der Waals surface area contributed by atoms with Gasteiger partial charge in [0.05, 0.1) is 31.5 Å². The average molecular weight is 334 g/mol. The van der Waals surface area contributed by atoms with Crippen LogP contribution in [0.4, 0.5) is 0 Å². The third-order valence-electron chi connectivity index (χ3n) is 2.52. The summed E-state index contributed by atoms with van der Waals surface area (Å²) in [5.74, 6) is -1.80. The summed E-state index contributed by atoms with van der Waals surface area (Å²) in [5.41, 5.74) is 0. The smallest absolute Gasteiger partial charge is 0.309 e. The van der Waals surface area contributed by atoms with E-state index in [0.29, 0.717) is 0 Å². The van der Waals surface area contributed by atoms with Gasteiger partial charge >= 0.3 is 17.9 Å². The fraction of sp³-hybridized carbons (Fsp3) is 0.800. The second-order valence-corrected chi connectivity index (χ2v) is 5.59. The molecule has 8 heteroatoms. The molecule has 0 amide bonds. The van der Waals surface area contributed by atoms with Crippen molar-refractivity contribution in [3.8, 4) is 0 Å². The zero-order valence-electron chi connectivity index (χ0n) is 14.0. The van der Waals surface area contributed by atoms with Crippen LogP contribution in [0.15, 0.2) is 0 Å². The molecular weight excluding hydrogens is 308 g/mol. The maximum Gasteiger partial charge on any atom is 0.309 e. The fourth-order valence-electron chi connectivity index (χ4n) is 1.61. The molecule has 0 rings (SSSR count). The van der Waals surface area contributed by atoms with Crippen molar-refractivity contribution in [2.45, 2.75) is 71.4 Å². The van der Waals surface area contributed by atoms with Crippen molar-refractivity contribution in [2.24, 2.45) is 0 Å². The van der Waals surface area contributed by atoms with Crippen LogP contribution in [0.5, 0.6) is 0 Å². The van der Waals surface area contributed by atoms with E-state index in [9.17, 15) is 14.4 Å². The first kappa shape index (κ1) is 21.3. The molecule has 4 atom stereocenters. The number of aliphatic hydroxyl groups excluding tert-OH is 2. The summed E-state index contributed by atoms with van der Waals surface area (Å²) in [6.07, 6.45) is -3.38. The Morgan fingerprint density at radius 2 is 1.17 bits per heavy atom. The van der Waals surface area contributed by atoms with Crippen LogP contribution in [0.25, 0.3) is 0 Å². The first-order valence-electron chi connectivity index (χ1n) is 7.50. The highest BCUT2D eigenvalue weighted by Crippen LogP contribution is 2.07. The molecule has 134 valence electrons. The first-order valence-corrected chi connectivity index (χ1v) is 7.50. The molecule has 0 aromatic rings. The molecular formula is C15H26O8. The van der Waals surface area contributed by atoms with E-state index >= 15 is 0 Å². The molecule has 0 saturated heterocycles. The van der Waals surface area contributed by atoms with Gasteiger partial charge in [0.15, 0.2) is 0 Å². The van der Waals surface area contributed by atoms with Crippen LogP contribution < -0.4 is 0 Å². The lowest BCUT2D eigenvalue weighted by Crippen LogP contribution is -2.25. The number of rotatable bonds is 10. The van der Waals surface area contributed by atoms with Gasteiger partial charge in [-0.3, -0.25) is 14.4 Å². The molecule has 0 bridgehead atoms. The van der Waals surface area contributed by atoms with E-state index in [1.807, 2.05) is 0 Å². The van der Waals surface area contributed by atoms with Crippen molar-refractivity contribution in [3.63, 3.8) is 0 Å². The number of ether oxygens (including phenoxy) is 3. The summed E-state index contributed by atoms with van der Waals surface area (Å²) >= 11 is 0. The minimum Gasteiger partial charge on any atom is -0.463 e. The normalized spacial score (nSPS) is 15.9. The van der Waals surface area contributed by atoms with Gasteiger partial charge < -0.3 is 24.4 Å². The highest BCUT2D eigenvalue weighted by atomic mass is 16.6. The predicted molar refractivity (Wildman–Crippen MR) is 79.3 cm³/mol. The maximum absolute atomic E-state index is 11.7. The van der Waals surface area contributed by atoms with E-state index in [1.165, 1.54) is 27.7 Å². The van der Waals surface area contributed by atoms with Gasteiger partial charge in [-0.2, -0.15) is 0 Å². The number of hydrogen-bond donors (Lipinski definition) is 2. The Labute approximate surface area is 135 Å². The largest absolute Gasteiger partial charge is 0.463 e. The second kappa shape index (κ2) is 11.0. The standard InChI is InChI=1S/C15H26O8/c1-9(16)5-14(19)22-12(4)7-15(20)23-11(3)6-13(18)21-8-10(2)17/h9-12,16-17H,5-8H2,1-4H3. The summed E-state index contributed by atoms with van der Waals surface area (Å²) in [5, 5.41) is 18.0. The maximum atomic E-state index is 11.7. The molecule has 2 N–H and O–H groups in total. The van der Waals surface area contributed by atoms with Crippen molar-refractivity contribution < 1.29 is 38.8 Å². The van der Waals surface area contributed by atoms with Gasteiger partial charge in [0, 0.05) is 0 Å². The van der Waals surface area contributed by atoms with E-state index in [-0.39, 0.29) is 25.9 Å². The van der Waals surface area contributed by atoms with E-state index in [1.54, 1.807) is 0 Å². The van der Waals surface area contributed by atoms with Crippen molar-refractivity contribution in [2.75, 3.05) is 6.61 Å². The fourth-order valence-corrected chi connectivity index (χ4v) is 1.61. The van der Waals surface area contributed by atoms with Gasteiger partial charge in [-0.05, 0) is 27.7 Å². The highest BCUT2D eigenvalue weighted by Gasteiger charge is 2.19. The Morgan fingerprint density at radius 1 is 0.739 bits per heavy atom. The quantitative estimate of drug-likeness (QED) is 0.433. The molecule has 0 radical (unpaired) electrons. The van der Waals surface area contributed by atoms with Gasteiger partial charge in [-0.15, -0.1) is 0 Å². The molecule has 0 heterocycles. The topological polar surface area (TPSA) is 119 Å². The molecule has 0 aliphatic heterocycles. The molecule has 0 aromatic heterocycles. The van der Waals surface area contributed by atoms with Crippen LogP contribution >= 0.6 is 0 Å². The molecule has 4 unspecified atom stereocenters. The number of esters is 3. The third kappa shape index (κ3) is 12.5. The van der Waals surface area contributed by atoms with Gasteiger partial charge in [-0.25, -0.2) is 0 Å². The van der Waals surface area contributed by atoms with Gasteiger partial charge in [0.25, 0.3) is 0 Å². The second-order valence-electron chi connectivity index (χ2n) is 5.59. The monoisotopic (exact) mass is 334 g/mol. The zero-order valence-corrected chi connectivity index (χ0v) is 14.0. The summed E-state index contributed by atoms with van der Waals surface area (Å²) in [6, 6.07) is 0. The van der Waals surface area contributed by atoms with Gasteiger partial charge in [0.2, 0.25) is 0 Å². The molecule has 8 nitrogen and oxygen atoms in total. The summed E-state index contributed by atoms with van der Waals surface area (Å²) in [4.78, 5) is 34.4. The zero-order chi connectivity index (χ0) is 18.0. The molecule has 23 heavy (non-hydrogen) atoms. The SMILES string of the molecule is CC(O)COC(=O)CC(C)OC(=O)CC(C)OC(=O)CC(C)O. The predicted octanol–water partition coefficient (Wildman–Crippen LogP) is 0.325. The van der Waals surface area contributed by atoms with Crippen molar-refractivity contribution >= 4 is 17.9 Å². The third-order valence-corrected chi connectivity index (χ3v) is 2.52. The lowest BCUT2D eigenvalue weighted by Gasteiger charge is -2.16. The Balaban J connectivity index is 4.03. The summed E-state index contributed by atoms with van der Waals surface area (Å²) < 4.78 is 14.7. The van der Waals surface area contributed by atoms with E-state index in [2.05, 4.69) is 0 Å². The first-order chi connectivity index (χ1) is 10.6. The summed E-state index contributed by atoms with van der Waals surface area (Å²) in [7, 11) is 0. The lowest BCUT2D eigenvalue weighted by atomic mass is 10.2. The van der Waals surface area contributed by atoms with Crippen LogP contribution in [0, 0.1) is 0 Å². The average Bonchev–Trinajstić information content (AvgIpc) is 2.33. The van der Waals surface area contributed by atoms with E-state index < -0.39 is 42.3 Å². The Bertz CT molecular complexity index is 391. The Kier molecular flexibility index (Phi) is 10.2. The lowest BCUT2D eigenvalue weighted by molar-refractivity contribution is -0.159. The molecule has 0 aliphatic rings. The minimum atomic E-state index is -0.811. The molecule has 0 aliphatic carbocycles. The Hall–Kier alpha value is -1.67. The number of carbonyl (C=O) groups excluding carboxylic acids is 3. The van der Waals surface area contributed by atoms with E-state index in [4.69, 9.17) is 24.4 Å². The number of aliphatic hydroxyl groups is 2. The molecule has 0 aromatic carbocycles. The van der Waals surface area contributed by atoms with Gasteiger partial charge in [-0.1, -0.05) is 0 Å². The summed E-state index contributed by atoms with van der Waals surface area (Å²) in [6.45, 7) is 5.89. The van der Waals surface area contributed by atoms with Crippen molar-refractivity contribution in [1.82, 2.24) is 0 Å². The van der Waals surface area contributed by atoms with E-state index in [0.717, 1.165) is 0 Å². The van der Waals surface area contributed by atoms with Crippen LogP contribution in [-0.2, 0) is 28.6 Å². The van der Waals surface area contributed by atoms with Gasteiger partial charge in [0.1, 0.15) is 18.8 Å². The van der Waals surface area contributed by atoms with Crippen LogP contribution in [-0.4, -0.2) is 59.1 Å². The number of hydrogen-bond acceptors (Lipinski definition) is 8. The minimum absolute atomic E-state index is 0.115. The molecule has 0 spiro atoms. The Morgan fingerprint density at radius 3 is 1.61 bits per heavy atom. The molecule has 0 fully saturated rings. The van der Waals surface area contributed by atoms with Crippen molar-refractivity contribution in [3.05, 3.63) is 0 Å².